The molecule has 0 saturated carbocycles. The second-order valence-corrected chi connectivity index (χ2v) is 4.38. The van der Waals surface area contributed by atoms with Crippen molar-refractivity contribution >= 4 is 34.1 Å². The number of alkyl halides is 1. The van der Waals surface area contributed by atoms with Gasteiger partial charge in [0.05, 0.1) is 5.52 Å². The molecule has 0 aliphatic heterocycles. The molecule has 0 N–H and O–H groups in total. The standard InChI is InChI=1S/C12H11Cl2NO/c13-6-1-7-15-11-4-3-10(14)8-9(11)2-5-12(15)16/h2-5,8H,1,6-7H2. The Balaban J connectivity index is 2.60. The molecule has 0 bridgehead atoms. The van der Waals surface area contributed by atoms with E-state index in [4.69, 9.17) is 23.2 Å². The molecule has 0 radical (unpaired) electrons. The van der Waals surface area contributed by atoms with Gasteiger partial charge in [0.2, 0.25) is 0 Å². The molecule has 0 aliphatic rings. The fourth-order valence-corrected chi connectivity index (χ4v) is 2.02. The molecule has 0 spiro atoms. The van der Waals surface area contributed by atoms with Crippen LogP contribution in [0.5, 0.6) is 0 Å². The number of nitrogens with zero attached hydrogens (tertiary/aromatic N) is 1. The van der Waals surface area contributed by atoms with Crippen LogP contribution in [0.1, 0.15) is 6.42 Å². The number of halogens is 2. The summed E-state index contributed by atoms with van der Waals surface area (Å²) in [5.74, 6) is 0.552. The van der Waals surface area contributed by atoms with Gasteiger partial charge in [-0.3, -0.25) is 4.79 Å². The summed E-state index contributed by atoms with van der Waals surface area (Å²) in [6.45, 7) is 0.640. The van der Waals surface area contributed by atoms with Crippen molar-refractivity contribution in [1.29, 1.82) is 0 Å². The molecule has 2 aromatic rings. The summed E-state index contributed by atoms with van der Waals surface area (Å²) >= 11 is 11.6. The summed E-state index contributed by atoms with van der Waals surface area (Å²) in [5, 5.41) is 1.65. The van der Waals surface area contributed by atoms with E-state index in [0.29, 0.717) is 17.4 Å². The van der Waals surface area contributed by atoms with Crippen LogP contribution < -0.4 is 5.56 Å². The van der Waals surface area contributed by atoms with Crippen molar-refractivity contribution in [2.45, 2.75) is 13.0 Å². The largest absolute Gasteiger partial charge is 0.308 e. The van der Waals surface area contributed by atoms with E-state index in [2.05, 4.69) is 0 Å². The first-order chi connectivity index (χ1) is 7.72. The molecule has 0 saturated heterocycles. The van der Waals surface area contributed by atoms with E-state index in [1.54, 1.807) is 22.8 Å². The number of aromatic nitrogens is 1. The van der Waals surface area contributed by atoms with Crippen LogP contribution >= 0.6 is 23.2 Å². The second-order valence-electron chi connectivity index (χ2n) is 3.57. The molecular weight excluding hydrogens is 245 g/mol. The molecule has 1 aromatic heterocycles. The van der Waals surface area contributed by atoms with Crippen molar-refractivity contribution < 1.29 is 0 Å². The zero-order valence-electron chi connectivity index (χ0n) is 8.62. The maximum Gasteiger partial charge on any atom is 0.251 e. The predicted molar refractivity (Wildman–Crippen MR) is 68.6 cm³/mol. The minimum atomic E-state index is -0.0000564. The zero-order chi connectivity index (χ0) is 11.5. The first-order valence-electron chi connectivity index (χ1n) is 5.07. The number of aryl methyl sites for hydroxylation is 1. The summed E-state index contributed by atoms with van der Waals surface area (Å²) < 4.78 is 1.73. The third-order valence-corrected chi connectivity index (χ3v) is 2.97. The van der Waals surface area contributed by atoms with Crippen LogP contribution in [0, 0.1) is 0 Å². The van der Waals surface area contributed by atoms with Crippen LogP contribution in [0.25, 0.3) is 10.9 Å². The summed E-state index contributed by atoms with van der Waals surface area (Å²) in [6.07, 6.45) is 0.781. The number of hydrogen-bond acceptors (Lipinski definition) is 1. The lowest BCUT2D eigenvalue weighted by Crippen LogP contribution is -2.19. The Labute approximate surface area is 103 Å². The average molecular weight is 256 g/mol. The van der Waals surface area contributed by atoms with Crippen molar-refractivity contribution in [2.75, 3.05) is 5.88 Å². The molecule has 1 heterocycles. The van der Waals surface area contributed by atoms with Crippen LogP contribution in [-0.2, 0) is 6.54 Å². The number of pyridine rings is 1. The van der Waals surface area contributed by atoms with E-state index in [1.807, 2.05) is 12.1 Å². The van der Waals surface area contributed by atoms with Gasteiger partial charge in [0.1, 0.15) is 0 Å². The molecule has 84 valence electrons. The molecule has 0 aliphatic carbocycles. The molecule has 16 heavy (non-hydrogen) atoms. The van der Waals surface area contributed by atoms with Gasteiger partial charge in [-0.25, -0.2) is 0 Å². The normalized spacial score (nSPS) is 10.9. The number of benzene rings is 1. The second kappa shape index (κ2) is 4.89. The van der Waals surface area contributed by atoms with Crippen LogP contribution in [0.4, 0.5) is 0 Å². The monoisotopic (exact) mass is 255 g/mol. The van der Waals surface area contributed by atoms with Gasteiger partial charge < -0.3 is 4.57 Å². The summed E-state index contributed by atoms with van der Waals surface area (Å²) in [4.78, 5) is 11.7. The Kier molecular flexibility index (Phi) is 3.52. The molecule has 2 nitrogen and oxygen atoms in total. The lowest BCUT2D eigenvalue weighted by molar-refractivity contribution is 0.681. The minimum absolute atomic E-state index is 0.0000564. The molecule has 0 fully saturated rings. The van der Waals surface area contributed by atoms with Crippen LogP contribution in [-0.4, -0.2) is 10.4 Å². The maximum absolute atomic E-state index is 11.7. The molecule has 0 amide bonds. The Morgan fingerprint density at radius 1 is 1.19 bits per heavy atom. The lowest BCUT2D eigenvalue weighted by Gasteiger charge is -2.09. The van der Waals surface area contributed by atoms with Gasteiger partial charge in [-0.1, -0.05) is 11.6 Å². The van der Waals surface area contributed by atoms with Gasteiger partial charge in [-0.15, -0.1) is 11.6 Å². The highest BCUT2D eigenvalue weighted by molar-refractivity contribution is 6.31. The van der Waals surface area contributed by atoms with Gasteiger partial charge in [-0.2, -0.15) is 0 Å². The minimum Gasteiger partial charge on any atom is -0.308 e. The van der Waals surface area contributed by atoms with Crippen molar-refractivity contribution in [2.24, 2.45) is 0 Å². The number of rotatable bonds is 3. The zero-order valence-corrected chi connectivity index (χ0v) is 10.1. The number of fused-ring (bicyclic) bond motifs is 1. The highest BCUT2D eigenvalue weighted by Crippen LogP contribution is 2.17. The van der Waals surface area contributed by atoms with Crippen LogP contribution in [0.15, 0.2) is 35.1 Å². The van der Waals surface area contributed by atoms with E-state index in [-0.39, 0.29) is 5.56 Å². The van der Waals surface area contributed by atoms with Crippen molar-refractivity contribution in [3.05, 3.63) is 45.7 Å². The van der Waals surface area contributed by atoms with E-state index in [9.17, 15) is 4.79 Å². The molecule has 0 unspecified atom stereocenters. The Morgan fingerprint density at radius 3 is 2.75 bits per heavy atom. The summed E-state index contributed by atoms with van der Waals surface area (Å²) in [5.41, 5.74) is 0.905. The first kappa shape index (κ1) is 11.5. The molecule has 2 rings (SSSR count). The maximum atomic E-state index is 11.7. The molecule has 0 atom stereocenters. The van der Waals surface area contributed by atoms with E-state index < -0.39 is 0 Å². The topological polar surface area (TPSA) is 22.0 Å². The predicted octanol–water partition coefficient (Wildman–Crippen LogP) is 3.28. The van der Waals surface area contributed by atoms with Crippen LogP contribution in [0.2, 0.25) is 5.02 Å². The Hall–Kier alpha value is -0.990. The first-order valence-corrected chi connectivity index (χ1v) is 5.99. The highest BCUT2D eigenvalue weighted by atomic mass is 35.5. The Morgan fingerprint density at radius 2 is 2.00 bits per heavy atom. The Bertz CT molecular complexity index is 562. The summed E-state index contributed by atoms with van der Waals surface area (Å²) in [7, 11) is 0. The van der Waals surface area contributed by atoms with Gasteiger partial charge in [0.25, 0.3) is 5.56 Å². The quantitative estimate of drug-likeness (QED) is 0.772. The van der Waals surface area contributed by atoms with E-state index >= 15 is 0 Å². The fourth-order valence-electron chi connectivity index (χ4n) is 1.72. The van der Waals surface area contributed by atoms with Crippen molar-refractivity contribution in [3.63, 3.8) is 0 Å². The van der Waals surface area contributed by atoms with Gasteiger partial charge in [0, 0.05) is 23.5 Å². The lowest BCUT2D eigenvalue weighted by atomic mass is 10.2. The third-order valence-electron chi connectivity index (χ3n) is 2.47. The van der Waals surface area contributed by atoms with Crippen molar-refractivity contribution in [1.82, 2.24) is 4.57 Å². The van der Waals surface area contributed by atoms with Gasteiger partial charge >= 0.3 is 0 Å². The number of hydrogen-bond donors (Lipinski definition) is 0. The van der Waals surface area contributed by atoms with Crippen LogP contribution in [0.3, 0.4) is 0 Å². The van der Waals surface area contributed by atoms with E-state index in [0.717, 1.165) is 17.3 Å². The third kappa shape index (κ3) is 2.23. The smallest absolute Gasteiger partial charge is 0.251 e. The van der Waals surface area contributed by atoms with E-state index in [1.165, 1.54) is 0 Å². The van der Waals surface area contributed by atoms with Gasteiger partial charge in [-0.05, 0) is 36.1 Å². The van der Waals surface area contributed by atoms with Crippen molar-refractivity contribution in [3.8, 4) is 0 Å². The van der Waals surface area contributed by atoms with Gasteiger partial charge in [0.15, 0.2) is 0 Å². The SMILES string of the molecule is O=c1ccc2cc(Cl)ccc2n1CCCCl. The average Bonchev–Trinajstić information content (AvgIpc) is 2.28. The molecular formula is C12H11Cl2NO. The molecule has 4 heteroatoms. The fraction of sp³-hybridized carbons (Fsp3) is 0.250. The molecule has 1 aromatic carbocycles. The summed E-state index contributed by atoms with van der Waals surface area (Å²) in [6, 6.07) is 8.87. The highest BCUT2D eigenvalue weighted by Gasteiger charge is 2.02.